The van der Waals surface area contributed by atoms with Crippen LogP contribution in [-0.2, 0) is 61.3 Å². The molecule has 2 aliphatic heterocycles. The SMILES string of the molecule is CCS(=O)(=O)c1ccc([C@H](CC(N)=O)NC(=O)c2ccc3c(c2)nc(C(F)(F)F)n3Cc2cccc3c2OC(F)(F)O3)cc1.CNC(=O)CS(=O)(=O)c1ccc(CNC(=O)c2ccc3c(c2)nc(C(F)(F)F)n3Cc2cccc3c2OC(F)(F)O3)cc1. The molecule has 6 aromatic carbocycles. The van der Waals surface area contributed by atoms with Crippen LogP contribution in [0.5, 0.6) is 23.0 Å². The van der Waals surface area contributed by atoms with Crippen molar-refractivity contribution in [3.63, 3.8) is 0 Å². The third-order valence-electron chi connectivity index (χ3n) is 13.3. The standard InChI is InChI=1S/C28H23F5N4O6S.C27H21F5N4O6S/c1-2-44(40,41)18-9-6-15(7-10-18)19(13-23(34)38)35-25(39)16-8-11-21-20(12-16)36-26(27(29,30)31)37(21)14-17-4-3-5-22-24(17)43-28(32,33)42-22;1-33-22(37)14-43(39,40)18-8-5-15(6-9-18)12-34-24(38)16-7-10-20-19(11-16)35-25(26(28,29)30)36(20)13-17-3-2-4-21-23(17)42-27(31,32)41-21/h3-12,19H,2,13-14H2,1H3,(H2,34,38)(H,35,39);2-11H,12-14H2,1H3,(H,33,37)(H,34,38)/t19-;/m0./s1. The first-order chi connectivity index (χ1) is 40.7. The fourth-order valence-electron chi connectivity index (χ4n) is 9.13. The summed E-state index contributed by atoms with van der Waals surface area (Å²) >= 11 is 0. The van der Waals surface area contributed by atoms with Crippen LogP contribution in [-0.4, -0.2) is 90.7 Å². The second-order valence-corrected chi connectivity index (χ2v) is 23.5. The van der Waals surface area contributed by atoms with Crippen molar-refractivity contribution in [1.82, 2.24) is 35.1 Å². The van der Waals surface area contributed by atoms with Gasteiger partial charge in [-0.05, 0) is 83.9 Å². The number of primary amides is 1. The number of hydrogen-bond donors (Lipinski definition) is 4. The van der Waals surface area contributed by atoms with Crippen molar-refractivity contribution < 1.29 is 98.9 Å². The van der Waals surface area contributed by atoms with Gasteiger partial charge in [-0.1, -0.05) is 55.5 Å². The first-order valence-electron chi connectivity index (χ1n) is 25.4. The summed E-state index contributed by atoms with van der Waals surface area (Å²) in [6.07, 6.45) is -18.2. The number of amides is 4. The molecular weight excluding hydrogens is 1220 g/mol. The smallest absolute Gasteiger partial charge is 0.395 e. The summed E-state index contributed by atoms with van der Waals surface area (Å²) in [6.45, 7) is 0.341. The number of aromatic nitrogens is 4. The number of hydrogen-bond acceptors (Lipinski definition) is 14. The summed E-state index contributed by atoms with van der Waals surface area (Å²) < 4.78 is 207. The summed E-state index contributed by atoms with van der Waals surface area (Å²) in [5, 5.41) is 7.43. The molecule has 87 heavy (non-hydrogen) atoms. The Labute approximate surface area is 485 Å². The molecule has 0 bridgehead atoms. The van der Waals surface area contributed by atoms with Crippen LogP contribution >= 0.6 is 0 Å². The van der Waals surface area contributed by atoms with E-state index in [0.29, 0.717) is 11.1 Å². The van der Waals surface area contributed by atoms with Gasteiger partial charge in [0.2, 0.25) is 23.5 Å². The maximum Gasteiger partial charge on any atom is 0.586 e. The topological polar surface area (TPSA) is 271 Å². The maximum atomic E-state index is 14.0. The lowest BCUT2D eigenvalue weighted by Crippen LogP contribution is -2.31. The molecule has 0 unspecified atom stereocenters. The average Bonchev–Trinajstić information content (AvgIpc) is 1.68. The quantitative estimate of drug-likeness (QED) is 0.0623. The molecule has 4 heterocycles. The molecule has 4 amide bonds. The number of carbonyl (C=O) groups is 4. The second kappa shape index (κ2) is 23.4. The van der Waals surface area contributed by atoms with Gasteiger partial charge >= 0.3 is 24.9 Å². The highest BCUT2D eigenvalue weighted by Crippen LogP contribution is 2.46. The number of nitrogens with one attached hydrogen (secondary N) is 3. The molecule has 0 saturated carbocycles. The Kier molecular flexibility index (Phi) is 16.7. The zero-order valence-electron chi connectivity index (χ0n) is 44.7. The normalized spacial score (nSPS) is 14.5. The highest BCUT2D eigenvalue weighted by Gasteiger charge is 2.47. The number of sulfone groups is 2. The van der Waals surface area contributed by atoms with Gasteiger partial charge in [-0.25, -0.2) is 26.8 Å². The lowest BCUT2D eigenvalue weighted by molar-refractivity contribution is -0.287. The summed E-state index contributed by atoms with van der Waals surface area (Å²) in [4.78, 5) is 56.5. The van der Waals surface area contributed by atoms with Gasteiger partial charge in [-0.3, -0.25) is 19.2 Å². The van der Waals surface area contributed by atoms with Gasteiger partial charge in [0.1, 0.15) is 5.75 Å². The number of fused-ring (bicyclic) bond motifs is 4. The number of nitrogens with zero attached hydrogens (tertiary/aromatic N) is 4. The van der Waals surface area contributed by atoms with Crippen molar-refractivity contribution in [1.29, 1.82) is 0 Å². The Balaban J connectivity index is 0.000000208. The van der Waals surface area contributed by atoms with E-state index in [1.165, 1.54) is 123 Å². The van der Waals surface area contributed by atoms with Crippen molar-refractivity contribution in [3.05, 3.63) is 166 Å². The first-order valence-corrected chi connectivity index (χ1v) is 28.7. The molecule has 5 N–H and O–H groups in total. The van der Waals surface area contributed by atoms with Crippen LogP contribution in [0.2, 0.25) is 0 Å². The van der Waals surface area contributed by atoms with Crippen LogP contribution < -0.4 is 40.6 Å². The lowest BCUT2D eigenvalue weighted by atomic mass is 10.0. The van der Waals surface area contributed by atoms with E-state index < -0.39 is 116 Å². The van der Waals surface area contributed by atoms with Crippen molar-refractivity contribution in [3.8, 4) is 23.0 Å². The lowest BCUT2D eigenvalue weighted by Gasteiger charge is -2.18. The third kappa shape index (κ3) is 13.8. The Hall–Kier alpha value is -9.46. The minimum atomic E-state index is -4.95. The molecule has 10 rings (SSSR count). The third-order valence-corrected chi connectivity index (χ3v) is 16.7. The van der Waals surface area contributed by atoms with Crippen LogP contribution in [0.15, 0.2) is 131 Å². The van der Waals surface area contributed by atoms with Crippen LogP contribution in [0.1, 0.15) is 74.0 Å². The number of halogens is 10. The summed E-state index contributed by atoms with van der Waals surface area (Å²) in [6, 6.07) is 24.9. The molecule has 458 valence electrons. The number of para-hydroxylation sites is 2. The summed E-state index contributed by atoms with van der Waals surface area (Å²) in [5.41, 5.74) is 5.63. The fraction of sp³-hybridized carbons (Fsp3) is 0.236. The van der Waals surface area contributed by atoms with Crippen LogP contribution in [0.25, 0.3) is 22.1 Å². The molecule has 0 saturated heterocycles. The number of imidazole rings is 2. The van der Waals surface area contributed by atoms with E-state index in [0.717, 1.165) is 21.3 Å². The number of nitrogens with two attached hydrogens (primary N) is 1. The molecule has 2 aromatic heterocycles. The van der Waals surface area contributed by atoms with Gasteiger partial charge in [0.15, 0.2) is 42.7 Å². The van der Waals surface area contributed by atoms with E-state index in [4.69, 9.17) is 5.73 Å². The average molecular weight is 1260 g/mol. The van der Waals surface area contributed by atoms with Crippen LogP contribution in [0.3, 0.4) is 0 Å². The van der Waals surface area contributed by atoms with Crippen molar-refractivity contribution in [2.24, 2.45) is 5.73 Å². The van der Waals surface area contributed by atoms with Crippen molar-refractivity contribution in [2.75, 3.05) is 18.6 Å². The van der Waals surface area contributed by atoms with Gasteiger partial charge in [0.25, 0.3) is 11.8 Å². The second-order valence-electron chi connectivity index (χ2n) is 19.2. The van der Waals surface area contributed by atoms with Gasteiger partial charge < -0.3 is 49.8 Å². The zero-order valence-corrected chi connectivity index (χ0v) is 46.4. The zero-order chi connectivity index (χ0) is 63.2. The van der Waals surface area contributed by atoms with E-state index >= 15 is 0 Å². The molecule has 8 aromatic rings. The molecule has 0 aliphatic carbocycles. The number of carbonyl (C=O) groups excluding carboxylic acids is 4. The predicted molar refractivity (Wildman–Crippen MR) is 285 cm³/mol. The number of rotatable bonds is 17. The Bertz CT molecular complexity index is 4250. The highest BCUT2D eigenvalue weighted by molar-refractivity contribution is 7.92. The van der Waals surface area contributed by atoms with Crippen molar-refractivity contribution >= 4 is 65.4 Å². The van der Waals surface area contributed by atoms with E-state index in [-0.39, 0.29) is 84.3 Å². The number of ether oxygens (including phenoxy) is 4. The summed E-state index contributed by atoms with van der Waals surface area (Å²) in [5.74, 6) is -7.84. The Morgan fingerprint density at radius 3 is 1.53 bits per heavy atom. The molecule has 0 spiro atoms. The number of benzene rings is 6. The largest absolute Gasteiger partial charge is 0.586 e. The predicted octanol–water partition coefficient (Wildman–Crippen LogP) is 8.44. The molecule has 1 atom stereocenters. The number of alkyl halides is 10. The van der Waals surface area contributed by atoms with Gasteiger partial charge in [0.05, 0.1) is 63.2 Å². The van der Waals surface area contributed by atoms with Gasteiger partial charge in [-0.15, -0.1) is 17.6 Å². The molecule has 2 aliphatic rings. The first kappa shape index (κ1) is 62.1. The molecule has 0 fully saturated rings. The molecule has 32 heteroatoms. The fourth-order valence-corrected chi connectivity index (χ4v) is 11.2. The van der Waals surface area contributed by atoms with Gasteiger partial charge in [0, 0.05) is 35.8 Å². The van der Waals surface area contributed by atoms with Crippen LogP contribution in [0, 0.1) is 0 Å². The monoisotopic (exact) mass is 1260 g/mol. The van der Waals surface area contributed by atoms with E-state index in [2.05, 4.69) is 44.9 Å². The maximum absolute atomic E-state index is 14.0. The Morgan fingerprint density at radius 2 is 1.08 bits per heavy atom. The van der Waals surface area contributed by atoms with Crippen LogP contribution in [0.4, 0.5) is 43.9 Å². The minimum absolute atomic E-state index is 0.00579. The molecule has 20 nitrogen and oxygen atoms in total. The van der Waals surface area contributed by atoms with E-state index in [9.17, 15) is 79.9 Å². The Morgan fingerprint density at radius 1 is 0.621 bits per heavy atom. The minimum Gasteiger partial charge on any atom is -0.395 e. The van der Waals surface area contributed by atoms with E-state index in [1.807, 2.05) is 0 Å². The van der Waals surface area contributed by atoms with Gasteiger partial charge in [-0.2, -0.15) is 26.3 Å². The van der Waals surface area contributed by atoms with Crippen molar-refractivity contribution in [2.45, 2.75) is 73.8 Å². The summed E-state index contributed by atoms with van der Waals surface area (Å²) in [7, 11) is -6.05. The molecule has 0 radical (unpaired) electrons. The van der Waals surface area contributed by atoms with E-state index in [1.54, 1.807) is 0 Å². The molecular formula is C55H44F10N8O12S2. The highest BCUT2D eigenvalue weighted by atomic mass is 32.2.